The molecule has 1 aliphatic heterocycles. The lowest BCUT2D eigenvalue weighted by molar-refractivity contribution is 0.102. The summed E-state index contributed by atoms with van der Waals surface area (Å²) in [6, 6.07) is 11.8. The van der Waals surface area contributed by atoms with E-state index in [-0.39, 0.29) is 17.5 Å². The maximum atomic E-state index is 12.4. The van der Waals surface area contributed by atoms with Crippen molar-refractivity contribution in [3.63, 3.8) is 0 Å². The molecule has 0 radical (unpaired) electrons. The van der Waals surface area contributed by atoms with Crippen LogP contribution in [0, 0.1) is 0 Å². The van der Waals surface area contributed by atoms with E-state index in [2.05, 4.69) is 16.0 Å². The Labute approximate surface area is 140 Å². The van der Waals surface area contributed by atoms with Gasteiger partial charge in [0.05, 0.1) is 11.3 Å². The van der Waals surface area contributed by atoms with Gasteiger partial charge in [-0.1, -0.05) is 12.1 Å². The summed E-state index contributed by atoms with van der Waals surface area (Å²) in [6.45, 7) is 5.67. The normalized spacial score (nSPS) is 12.9. The number of amides is 3. The number of hydrogen-bond donors (Lipinski definition) is 3. The van der Waals surface area contributed by atoms with Gasteiger partial charge in [-0.2, -0.15) is 0 Å². The van der Waals surface area contributed by atoms with E-state index in [1.165, 1.54) is 0 Å². The maximum absolute atomic E-state index is 12.4. The summed E-state index contributed by atoms with van der Waals surface area (Å²) in [5.41, 5.74) is 1.14. The molecule has 124 valence electrons. The number of carbonyl (C=O) groups excluding carboxylic acids is 2. The average molecular weight is 325 g/mol. The minimum absolute atomic E-state index is 0.283. The Morgan fingerprint density at radius 3 is 2.58 bits per heavy atom. The Kier molecular flexibility index (Phi) is 3.89. The highest BCUT2D eigenvalue weighted by molar-refractivity contribution is 6.08. The third-order valence-corrected chi connectivity index (χ3v) is 3.33. The number of carbonyl (C=O) groups is 2. The van der Waals surface area contributed by atoms with Gasteiger partial charge in [-0.05, 0) is 51.1 Å². The molecule has 0 saturated carbocycles. The molecular formula is C18H19N3O3. The third kappa shape index (κ3) is 3.48. The first-order chi connectivity index (χ1) is 11.3. The van der Waals surface area contributed by atoms with Gasteiger partial charge < -0.3 is 20.7 Å². The largest absolute Gasteiger partial charge is 0.454 e. The van der Waals surface area contributed by atoms with E-state index in [1.807, 2.05) is 32.9 Å². The van der Waals surface area contributed by atoms with Crippen LogP contribution in [-0.4, -0.2) is 17.5 Å². The highest BCUT2D eigenvalue weighted by atomic mass is 16.5. The third-order valence-electron chi connectivity index (χ3n) is 3.33. The van der Waals surface area contributed by atoms with Gasteiger partial charge in [0.15, 0.2) is 5.75 Å². The number of ether oxygens (including phenoxy) is 1. The van der Waals surface area contributed by atoms with Crippen molar-refractivity contribution in [3.8, 4) is 11.5 Å². The molecule has 1 aliphatic rings. The minimum Gasteiger partial charge on any atom is -0.454 e. The van der Waals surface area contributed by atoms with Crippen LogP contribution in [-0.2, 0) is 0 Å². The maximum Gasteiger partial charge on any atom is 0.319 e. The van der Waals surface area contributed by atoms with Crippen LogP contribution in [0.15, 0.2) is 42.5 Å². The molecule has 2 aromatic carbocycles. The summed E-state index contributed by atoms with van der Waals surface area (Å²) >= 11 is 0. The fourth-order valence-electron chi connectivity index (χ4n) is 2.34. The first kappa shape index (κ1) is 15.9. The molecule has 0 spiro atoms. The molecule has 0 bridgehead atoms. The lowest BCUT2D eigenvalue weighted by atomic mass is 10.1. The second-order valence-electron chi connectivity index (χ2n) is 6.59. The lowest BCUT2D eigenvalue weighted by Gasteiger charge is -2.21. The minimum atomic E-state index is -0.349. The number of nitrogens with one attached hydrogen (secondary N) is 3. The second-order valence-corrected chi connectivity index (χ2v) is 6.59. The fraction of sp³-hybridized carbons (Fsp3) is 0.222. The van der Waals surface area contributed by atoms with Crippen molar-refractivity contribution in [3.05, 3.63) is 48.0 Å². The molecule has 6 heteroatoms. The first-order valence-electron chi connectivity index (χ1n) is 7.63. The predicted octanol–water partition coefficient (Wildman–Crippen LogP) is 3.96. The van der Waals surface area contributed by atoms with E-state index in [1.54, 1.807) is 30.3 Å². The van der Waals surface area contributed by atoms with Gasteiger partial charge in [0.1, 0.15) is 5.75 Å². The summed E-state index contributed by atoms with van der Waals surface area (Å²) in [5.74, 6) is 0.741. The molecule has 3 amide bonds. The molecule has 2 aromatic rings. The summed E-state index contributed by atoms with van der Waals surface area (Å²) in [5, 5.41) is 8.33. The molecule has 0 fully saturated rings. The Morgan fingerprint density at radius 1 is 1.08 bits per heavy atom. The molecule has 3 rings (SSSR count). The first-order valence-corrected chi connectivity index (χ1v) is 7.63. The zero-order valence-electron chi connectivity index (χ0n) is 13.8. The van der Waals surface area contributed by atoms with Crippen molar-refractivity contribution in [1.29, 1.82) is 0 Å². The molecule has 0 aliphatic carbocycles. The number of para-hydroxylation sites is 2. The Balaban J connectivity index is 1.85. The summed E-state index contributed by atoms with van der Waals surface area (Å²) < 4.78 is 5.80. The molecule has 0 aromatic heterocycles. The van der Waals surface area contributed by atoms with Crippen molar-refractivity contribution in [2.75, 3.05) is 10.6 Å². The van der Waals surface area contributed by atoms with Gasteiger partial charge in [0, 0.05) is 11.2 Å². The number of urea groups is 1. The zero-order chi connectivity index (χ0) is 17.3. The van der Waals surface area contributed by atoms with E-state index < -0.39 is 0 Å². The van der Waals surface area contributed by atoms with Crippen LogP contribution >= 0.6 is 0 Å². The molecule has 1 heterocycles. The molecule has 0 unspecified atom stereocenters. The van der Waals surface area contributed by atoms with Gasteiger partial charge in [0.2, 0.25) is 0 Å². The zero-order valence-corrected chi connectivity index (χ0v) is 13.8. The van der Waals surface area contributed by atoms with Crippen LogP contribution in [0.1, 0.15) is 31.1 Å². The number of rotatable bonds is 1. The Bertz CT molecular complexity index is 809. The van der Waals surface area contributed by atoms with Gasteiger partial charge in [-0.15, -0.1) is 0 Å². The van der Waals surface area contributed by atoms with Crippen molar-refractivity contribution >= 4 is 23.3 Å². The number of fused-ring (bicyclic) bond motifs is 2. The lowest BCUT2D eigenvalue weighted by Crippen LogP contribution is -2.43. The molecule has 6 nitrogen and oxygen atoms in total. The van der Waals surface area contributed by atoms with Crippen molar-refractivity contribution in [2.24, 2.45) is 0 Å². The van der Waals surface area contributed by atoms with E-state index in [4.69, 9.17) is 4.74 Å². The molecule has 24 heavy (non-hydrogen) atoms. The second kappa shape index (κ2) is 5.88. The van der Waals surface area contributed by atoms with Crippen LogP contribution in [0.3, 0.4) is 0 Å². The van der Waals surface area contributed by atoms with E-state index in [0.29, 0.717) is 28.4 Å². The predicted molar refractivity (Wildman–Crippen MR) is 92.8 cm³/mol. The van der Waals surface area contributed by atoms with Gasteiger partial charge >= 0.3 is 6.03 Å². The van der Waals surface area contributed by atoms with Gasteiger partial charge in [-0.25, -0.2) is 4.79 Å². The van der Waals surface area contributed by atoms with E-state index in [0.717, 1.165) is 0 Å². The SMILES string of the molecule is CC(C)(C)NC(=O)Nc1ccc2c(c1)C(=O)Nc1ccccc1O2. The summed E-state index contributed by atoms with van der Waals surface area (Å²) in [4.78, 5) is 24.4. The number of benzene rings is 2. The summed E-state index contributed by atoms with van der Waals surface area (Å²) in [7, 11) is 0. The van der Waals surface area contributed by atoms with Crippen LogP contribution in [0.4, 0.5) is 16.2 Å². The van der Waals surface area contributed by atoms with Gasteiger partial charge in [-0.3, -0.25) is 4.79 Å². The monoisotopic (exact) mass is 325 g/mol. The van der Waals surface area contributed by atoms with Crippen molar-refractivity contribution in [2.45, 2.75) is 26.3 Å². The highest BCUT2D eigenvalue weighted by Crippen LogP contribution is 2.36. The molecule has 3 N–H and O–H groups in total. The highest BCUT2D eigenvalue weighted by Gasteiger charge is 2.21. The standard InChI is InChI=1S/C18H19N3O3/c1-18(2,3)21-17(23)19-11-8-9-14-12(10-11)16(22)20-13-6-4-5-7-15(13)24-14/h4-10H,1-3H3,(H,20,22)(H2,19,21,23). The van der Waals surface area contributed by atoms with E-state index >= 15 is 0 Å². The van der Waals surface area contributed by atoms with Crippen molar-refractivity contribution in [1.82, 2.24) is 5.32 Å². The Morgan fingerprint density at radius 2 is 1.83 bits per heavy atom. The van der Waals surface area contributed by atoms with Crippen LogP contribution in [0.25, 0.3) is 0 Å². The number of anilines is 2. The number of hydrogen-bond acceptors (Lipinski definition) is 3. The molecule has 0 saturated heterocycles. The summed E-state index contributed by atoms with van der Waals surface area (Å²) in [6.07, 6.45) is 0. The van der Waals surface area contributed by atoms with Gasteiger partial charge in [0.25, 0.3) is 5.91 Å². The fourth-order valence-corrected chi connectivity index (χ4v) is 2.34. The quantitative estimate of drug-likeness (QED) is 0.742. The van der Waals surface area contributed by atoms with Crippen LogP contribution in [0.2, 0.25) is 0 Å². The Hall–Kier alpha value is -3.02. The van der Waals surface area contributed by atoms with Crippen LogP contribution < -0.4 is 20.7 Å². The topological polar surface area (TPSA) is 79.5 Å². The smallest absolute Gasteiger partial charge is 0.319 e. The van der Waals surface area contributed by atoms with E-state index in [9.17, 15) is 9.59 Å². The average Bonchev–Trinajstić information content (AvgIpc) is 2.61. The molecular weight excluding hydrogens is 306 g/mol. The van der Waals surface area contributed by atoms with Crippen molar-refractivity contribution < 1.29 is 14.3 Å². The molecule has 0 atom stereocenters. The van der Waals surface area contributed by atoms with Crippen LogP contribution in [0.5, 0.6) is 11.5 Å².